The maximum atomic E-state index is 13.2. The number of likely N-dealkylation sites (tertiary alicyclic amines) is 1. The van der Waals surface area contributed by atoms with E-state index < -0.39 is 0 Å². The number of hydrogen-bond donors (Lipinski definition) is 0. The molecule has 0 bridgehead atoms. The molecule has 3 nitrogen and oxygen atoms in total. The van der Waals surface area contributed by atoms with Gasteiger partial charge in [0.2, 0.25) is 0 Å². The molecule has 1 aromatic heterocycles. The molecule has 0 unspecified atom stereocenters. The molecule has 1 aliphatic rings. The number of aryl methyl sites for hydroxylation is 1. The van der Waals surface area contributed by atoms with Gasteiger partial charge < -0.3 is 0 Å². The Kier molecular flexibility index (Phi) is 7.95. The summed E-state index contributed by atoms with van der Waals surface area (Å²) in [6, 6.07) is 21.6. The standard InChI is InChI=1S/C28H32IN2O/c1-21-7-6-9-25(19-21)22-10-12-23(13-11-22)27(29-2)26-8-4-3-5-18-31(20-26)28(32)24-14-16-30-17-15-24/h6-7,9-17,19,26-27H,3-5,8,18,20H2,1-2H3/q-1/t26-,27-/m1/s1. The Hall–Kier alpha value is -2.21. The van der Waals surface area contributed by atoms with E-state index in [0.717, 1.165) is 25.1 Å². The summed E-state index contributed by atoms with van der Waals surface area (Å²) < 4.78 is 0.575. The molecule has 4 rings (SSSR count). The van der Waals surface area contributed by atoms with Crippen molar-refractivity contribution in [2.75, 3.05) is 18.0 Å². The maximum absolute atomic E-state index is 13.2. The van der Waals surface area contributed by atoms with Crippen molar-refractivity contribution < 1.29 is 26.0 Å². The van der Waals surface area contributed by atoms with Crippen LogP contribution in [0, 0.1) is 12.8 Å². The Labute approximate surface area is 202 Å². The van der Waals surface area contributed by atoms with Gasteiger partial charge in [-0.15, -0.1) is 0 Å². The van der Waals surface area contributed by atoms with E-state index in [9.17, 15) is 4.79 Å². The number of rotatable bonds is 5. The van der Waals surface area contributed by atoms with Gasteiger partial charge in [0.1, 0.15) is 0 Å². The Morgan fingerprint density at radius 2 is 1.78 bits per heavy atom. The van der Waals surface area contributed by atoms with E-state index in [1.54, 1.807) is 12.4 Å². The molecule has 1 amide bonds. The molecule has 1 aliphatic heterocycles. The van der Waals surface area contributed by atoms with E-state index in [4.69, 9.17) is 0 Å². The SMILES string of the molecule is C[I-][C@H](c1ccc(-c2cccc(C)c2)cc1)[C@@H]1CCCCCN(C(=O)c2ccncc2)C1. The predicted molar refractivity (Wildman–Crippen MR) is 127 cm³/mol. The van der Waals surface area contributed by atoms with Crippen LogP contribution in [0.5, 0.6) is 0 Å². The average Bonchev–Trinajstić information content (AvgIpc) is 2.81. The van der Waals surface area contributed by atoms with Crippen molar-refractivity contribution in [3.63, 3.8) is 0 Å². The zero-order valence-corrected chi connectivity index (χ0v) is 21.2. The molecule has 0 saturated carbocycles. The summed E-state index contributed by atoms with van der Waals surface area (Å²) in [5.41, 5.74) is 6.04. The second kappa shape index (κ2) is 11.1. The number of halogens is 1. The zero-order chi connectivity index (χ0) is 22.3. The van der Waals surface area contributed by atoms with Crippen LogP contribution >= 0.6 is 0 Å². The molecule has 168 valence electrons. The van der Waals surface area contributed by atoms with E-state index in [0.29, 0.717) is 9.84 Å². The van der Waals surface area contributed by atoms with Crippen LogP contribution in [0.15, 0.2) is 73.1 Å². The Bertz CT molecular complexity index is 1020. The van der Waals surface area contributed by atoms with Crippen molar-refractivity contribution in [1.29, 1.82) is 0 Å². The van der Waals surface area contributed by atoms with Crippen molar-refractivity contribution >= 4 is 5.91 Å². The van der Waals surface area contributed by atoms with Gasteiger partial charge in [-0.3, -0.25) is 0 Å². The average molecular weight is 539 g/mol. The summed E-state index contributed by atoms with van der Waals surface area (Å²) in [6.07, 6.45) is 8.20. The monoisotopic (exact) mass is 539 g/mol. The first kappa shape index (κ1) is 23.0. The molecule has 0 radical (unpaired) electrons. The third-order valence-electron chi connectivity index (χ3n) is 6.40. The van der Waals surface area contributed by atoms with Crippen molar-refractivity contribution in [3.8, 4) is 11.1 Å². The number of alkyl halides is 2. The molecule has 1 saturated heterocycles. The van der Waals surface area contributed by atoms with Crippen LogP contribution in [0.1, 0.15) is 51.1 Å². The summed E-state index contributed by atoms with van der Waals surface area (Å²) >= 11 is 0.00362. The number of carbonyl (C=O) groups is 1. The number of amides is 1. The van der Waals surface area contributed by atoms with Crippen LogP contribution in [-0.2, 0) is 0 Å². The normalized spacial score (nSPS) is 18.1. The summed E-state index contributed by atoms with van der Waals surface area (Å²) in [4.78, 5) is 21.8. The van der Waals surface area contributed by atoms with Gasteiger partial charge in [0, 0.05) is 0 Å². The topological polar surface area (TPSA) is 33.2 Å². The number of benzene rings is 2. The van der Waals surface area contributed by atoms with Crippen LogP contribution in [0.3, 0.4) is 0 Å². The van der Waals surface area contributed by atoms with Crippen molar-refractivity contribution in [1.82, 2.24) is 9.88 Å². The van der Waals surface area contributed by atoms with Crippen LogP contribution in [0.25, 0.3) is 11.1 Å². The fraction of sp³-hybridized carbons (Fsp3) is 0.357. The molecular weight excluding hydrogens is 507 g/mol. The summed E-state index contributed by atoms with van der Waals surface area (Å²) in [6.45, 7) is 3.86. The molecule has 1 fully saturated rings. The van der Waals surface area contributed by atoms with Crippen LogP contribution in [-0.4, -0.2) is 33.8 Å². The van der Waals surface area contributed by atoms with Crippen molar-refractivity contribution in [3.05, 3.63) is 89.7 Å². The fourth-order valence-electron chi connectivity index (χ4n) is 4.71. The molecule has 2 heterocycles. The second-order valence-electron chi connectivity index (χ2n) is 8.71. The van der Waals surface area contributed by atoms with Gasteiger partial charge in [0.15, 0.2) is 0 Å². The molecule has 32 heavy (non-hydrogen) atoms. The third-order valence-corrected chi connectivity index (χ3v) is 9.48. The molecule has 0 spiro atoms. The first-order chi connectivity index (χ1) is 15.7. The van der Waals surface area contributed by atoms with Gasteiger partial charge in [0.25, 0.3) is 0 Å². The quantitative estimate of drug-likeness (QED) is 0.369. The summed E-state index contributed by atoms with van der Waals surface area (Å²) in [5, 5.41) is 0. The Balaban J connectivity index is 1.54. The van der Waals surface area contributed by atoms with Crippen LogP contribution in [0.2, 0.25) is 0 Å². The van der Waals surface area contributed by atoms with Gasteiger partial charge in [-0.2, -0.15) is 0 Å². The van der Waals surface area contributed by atoms with Crippen molar-refractivity contribution in [2.45, 2.75) is 36.5 Å². The van der Waals surface area contributed by atoms with Crippen LogP contribution < -0.4 is 21.2 Å². The van der Waals surface area contributed by atoms with Gasteiger partial charge >= 0.3 is 203 Å². The molecule has 3 aromatic rings. The van der Waals surface area contributed by atoms with E-state index in [1.807, 2.05) is 12.1 Å². The molecule has 0 N–H and O–H groups in total. The van der Waals surface area contributed by atoms with Crippen LogP contribution in [0.4, 0.5) is 0 Å². The van der Waals surface area contributed by atoms with E-state index >= 15 is 0 Å². The number of nitrogens with zero attached hydrogens (tertiary/aromatic N) is 2. The molecular formula is C28H32IN2O-. The molecule has 0 aliphatic carbocycles. The number of pyridine rings is 1. The minimum atomic E-state index is 0.00362. The molecule has 2 aromatic carbocycles. The van der Waals surface area contributed by atoms with Gasteiger partial charge in [0.05, 0.1) is 0 Å². The minimum absolute atomic E-state index is 0.00362. The Morgan fingerprint density at radius 1 is 1.00 bits per heavy atom. The van der Waals surface area contributed by atoms with E-state index in [1.165, 1.54) is 41.5 Å². The number of carbonyl (C=O) groups excluding carboxylic acids is 1. The zero-order valence-electron chi connectivity index (χ0n) is 19.0. The van der Waals surface area contributed by atoms with Gasteiger partial charge in [-0.1, -0.05) is 0 Å². The van der Waals surface area contributed by atoms with Crippen molar-refractivity contribution in [2.24, 2.45) is 5.92 Å². The summed E-state index contributed by atoms with van der Waals surface area (Å²) in [7, 11) is 0. The Morgan fingerprint density at radius 3 is 2.50 bits per heavy atom. The van der Waals surface area contributed by atoms with Gasteiger partial charge in [-0.05, 0) is 0 Å². The molecule has 4 heteroatoms. The first-order valence-electron chi connectivity index (χ1n) is 11.5. The summed E-state index contributed by atoms with van der Waals surface area (Å²) in [5.74, 6) is 0.686. The van der Waals surface area contributed by atoms with E-state index in [-0.39, 0.29) is 27.1 Å². The first-order valence-corrected chi connectivity index (χ1v) is 14.9. The second-order valence-corrected chi connectivity index (χ2v) is 11.3. The molecule has 2 atom stereocenters. The fourth-order valence-corrected chi connectivity index (χ4v) is 7.45. The predicted octanol–water partition coefficient (Wildman–Crippen LogP) is 3.15. The number of aromatic nitrogens is 1. The van der Waals surface area contributed by atoms with E-state index in [2.05, 4.69) is 70.3 Å². The third kappa shape index (κ3) is 5.58. The number of hydrogen-bond acceptors (Lipinski definition) is 2. The van der Waals surface area contributed by atoms with Gasteiger partial charge in [-0.25, -0.2) is 0 Å².